The predicted octanol–water partition coefficient (Wildman–Crippen LogP) is 5.44. The van der Waals surface area contributed by atoms with Gasteiger partial charge in [-0.1, -0.05) is 6.07 Å². The van der Waals surface area contributed by atoms with Gasteiger partial charge in [0, 0.05) is 6.42 Å². The van der Waals surface area contributed by atoms with Crippen molar-refractivity contribution < 1.29 is 22.8 Å². The summed E-state index contributed by atoms with van der Waals surface area (Å²) >= 11 is 0. The van der Waals surface area contributed by atoms with Gasteiger partial charge in [-0.25, -0.2) is 4.79 Å². The molecule has 0 spiro atoms. The van der Waals surface area contributed by atoms with Crippen molar-refractivity contribution in [1.82, 2.24) is 0 Å². The van der Waals surface area contributed by atoms with Gasteiger partial charge in [0.25, 0.3) is 0 Å². The van der Waals surface area contributed by atoms with Crippen molar-refractivity contribution >= 4 is 30.9 Å². The van der Waals surface area contributed by atoms with Crippen LogP contribution in [-0.4, -0.2) is 43.6 Å². The highest BCUT2D eigenvalue weighted by Crippen LogP contribution is 2.33. The first kappa shape index (κ1) is 24.9. The van der Waals surface area contributed by atoms with Crippen LogP contribution in [0, 0.1) is 0 Å². The highest BCUT2D eigenvalue weighted by Gasteiger charge is 2.29. The maximum Gasteiger partial charge on any atom is 0.334 e. The van der Waals surface area contributed by atoms with E-state index in [2.05, 4.69) is 58.9 Å². The van der Waals surface area contributed by atoms with E-state index in [9.17, 15) is 4.79 Å². The Balaban J connectivity index is 3.19. The molecule has 1 atom stereocenters. The van der Waals surface area contributed by atoms with Crippen LogP contribution in [0.4, 0.5) is 0 Å². The third-order valence-electron chi connectivity index (χ3n) is 3.31. The number of esters is 1. The fourth-order valence-corrected chi connectivity index (χ4v) is 5.23. The summed E-state index contributed by atoms with van der Waals surface area (Å²) in [5.41, 5.74) is 0.979. The highest BCUT2D eigenvalue weighted by atomic mass is 28.4. The molecule has 0 amide bonds. The minimum absolute atomic E-state index is 0.306. The first-order valence-electron chi connectivity index (χ1n) is 9.95. The summed E-state index contributed by atoms with van der Waals surface area (Å²) in [6.45, 7) is 21.3. The van der Waals surface area contributed by atoms with Crippen molar-refractivity contribution in [2.75, 3.05) is 6.61 Å². The van der Waals surface area contributed by atoms with E-state index >= 15 is 0 Å². The lowest BCUT2D eigenvalue weighted by Gasteiger charge is -2.27. The summed E-state index contributed by atoms with van der Waals surface area (Å²) in [6.07, 6.45) is -0.145. The molecule has 0 radical (unpaired) electrons. The quantitative estimate of drug-likeness (QED) is 0.357. The SMILES string of the molecule is CCOC(=O)C(Cc1ccc(O[Si](C)(C)C)c(O[Si](C)(C)C)c1)O[Si](C)(C)C. The molecule has 0 bridgehead atoms. The van der Waals surface area contributed by atoms with Crippen molar-refractivity contribution in [3.63, 3.8) is 0 Å². The minimum Gasteiger partial charge on any atom is -0.542 e. The molecule has 0 heterocycles. The van der Waals surface area contributed by atoms with Crippen LogP contribution in [0.5, 0.6) is 11.5 Å². The fraction of sp³-hybridized carbons (Fsp3) is 0.650. The molecule has 5 nitrogen and oxygen atoms in total. The molecular weight excluding hydrogens is 404 g/mol. The van der Waals surface area contributed by atoms with Gasteiger partial charge < -0.3 is 18.0 Å². The standard InChI is InChI=1S/C20H38O5Si3/c1-11-22-20(21)19(25-28(8,9)10)15-16-12-13-17(23-26(2,3)4)18(14-16)24-27(5,6)7/h12-14,19H,11,15H2,1-10H3. The van der Waals surface area contributed by atoms with Gasteiger partial charge in [0.05, 0.1) is 6.61 Å². The molecule has 1 unspecified atom stereocenters. The maximum atomic E-state index is 12.4. The van der Waals surface area contributed by atoms with Crippen LogP contribution >= 0.6 is 0 Å². The Kier molecular flexibility index (Phi) is 8.55. The molecule has 8 heteroatoms. The Morgan fingerprint density at radius 1 is 0.857 bits per heavy atom. The number of ether oxygens (including phenoxy) is 1. The largest absolute Gasteiger partial charge is 0.542 e. The number of hydrogen-bond acceptors (Lipinski definition) is 5. The zero-order valence-electron chi connectivity index (χ0n) is 19.3. The van der Waals surface area contributed by atoms with Crippen LogP contribution < -0.4 is 8.85 Å². The number of carbonyl (C=O) groups is 1. The Morgan fingerprint density at radius 3 is 1.86 bits per heavy atom. The highest BCUT2D eigenvalue weighted by molar-refractivity contribution is 6.71. The van der Waals surface area contributed by atoms with Gasteiger partial charge in [-0.2, -0.15) is 0 Å². The van der Waals surface area contributed by atoms with E-state index in [0.29, 0.717) is 13.0 Å². The van der Waals surface area contributed by atoms with Crippen LogP contribution in [0.1, 0.15) is 12.5 Å². The van der Waals surface area contributed by atoms with Gasteiger partial charge in [-0.3, -0.25) is 0 Å². The molecule has 0 saturated heterocycles. The number of rotatable bonds is 10. The van der Waals surface area contributed by atoms with Crippen LogP contribution in [0.15, 0.2) is 18.2 Å². The summed E-state index contributed by atoms with van der Waals surface area (Å²) in [6, 6.07) is 5.94. The summed E-state index contributed by atoms with van der Waals surface area (Å²) in [5.74, 6) is 1.24. The zero-order valence-corrected chi connectivity index (χ0v) is 22.3. The summed E-state index contributed by atoms with van der Waals surface area (Å²) in [5, 5.41) is 0. The van der Waals surface area contributed by atoms with Crippen LogP contribution in [0.2, 0.25) is 58.9 Å². The smallest absolute Gasteiger partial charge is 0.334 e. The zero-order chi connectivity index (χ0) is 21.8. The number of carbonyl (C=O) groups excluding carboxylic acids is 1. The molecule has 160 valence electrons. The Labute approximate surface area is 174 Å². The lowest BCUT2D eigenvalue weighted by molar-refractivity contribution is -0.151. The van der Waals surface area contributed by atoms with Crippen molar-refractivity contribution in [2.24, 2.45) is 0 Å². The van der Waals surface area contributed by atoms with Gasteiger partial charge >= 0.3 is 5.97 Å². The van der Waals surface area contributed by atoms with Crippen LogP contribution in [0.25, 0.3) is 0 Å². The molecule has 0 aromatic heterocycles. The van der Waals surface area contributed by atoms with Gasteiger partial charge in [0.1, 0.15) is 17.6 Å². The van der Waals surface area contributed by atoms with Gasteiger partial charge in [0.2, 0.25) is 16.6 Å². The maximum absolute atomic E-state index is 12.4. The summed E-state index contributed by atoms with van der Waals surface area (Å²) in [7, 11) is -5.50. The van der Waals surface area contributed by atoms with E-state index in [4.69, 9.17) is 18.0 Å². The molecular formula is C20H38O5Si3. The van der Waals surface area contributed by atoms with Crippen molar-refractivity contribution in [3.05, 3.63) is 23.8 Å². The third kappa shape index (κ3) is 9.90. The molecule has 1 aromatic carbocycles. The topological polar surface area (TPSA) is 54.0 Å². The monoisotopic (exact) mass is 442 g/mol. The molecule has 0 N–H and O–H groups in total. The molecule has 1 rings (SSSR count). The third-order valence-corrected chi connectivity index (χ3v) is 5.96. The normalized spacial score (nSPS) is 13.8. The molecule has 0 saturated carbocycles. The second kappa shape index (κ2) is 9.60. The van der Waals surface area contributed by atoms with Gasteiger partial charge in [0.15, 0.2) is 8.32 Å². The van der Waals surface area contributed by atoms with Crippen LogP contribution in [-0.2, 0) is 20.4 Å². The lowest BCUT2D eigenvalue weighted by Crippen LogP contribution is -2.39. The van der Waals surface area contributed by atoms with E-state index in [1.165, 1.54) is 0 Å². The van der Waals surface area contributed by atoms with Crippen molar-refractivity contribution in [2.45, 2.75) is 78.4 Å². The van der Waals surface area contributed by atoms with Gasteiger partial charge in [-0.15, -0.1) is 0 Å². The Morgan fingerprint density at radius 2 is 1.39 bits per heavy atom. The molecule has 0 aliphatic heterocycles. The van der Waals surface area contributed by atoms with Gasteiger partial charge in [-0.05, 0) is 83.5 Å². The second-order valence-electron chi connectivity index (χ2n) is 9.88. The Bertz CT molecular complexity index is 657. The molecule has 0 aliphatic rings. The van der Waals surface area contributed by atoms with E-state index in [1.807, 2.05) is 25.1 Å². The lowest BCUT2D eigenvalue weighted by atomic mass is 10.1. The predicted molar refractivity (Wildman–Crippen MR) is 123 cm³/mol. The molecule has 28 heavy (non-hydrogen) atoms. The minimum atomic E-state index is -1.90. The first-order valence-corrected chi connectivity index (χ1v) is 20.2. The second-order valence-corrected chi connectivity index (χ2v) is 23.2. The Hall–Kier alpha value is -1.10. The van der Waals surface area contributed by atoms with Crippen LogP contribution in [0.3, 0.4) is 0 Å². The summed E-state index contributed by atoms with van der Waals surface area (Å²) < 4.78 is 23.9. The average Bonchev–Trinajstić information content (AvgIpc) is 2.45. The molecule has 0 fully saturated rings. The first-order chi connectivity index (χ1) is 12.6. The average molecular weight is 443 g/mol. The molecule has 1 aromatic rings. The van der Waals surface area contributed by atoms with E-state index < -0.39 is 31.1 Å². The van der Waals surface area contributed by atoms with Crippen molar-refractivity contribution in [3.8, 4) is 11.5 Å². The summed E-state index contributed by atoms with van der Waals surface area (Å²) in [4.78, 5) is 12.4. The fourth-order valence-electron chi connectivity index (χ4n) is 2.55. The number of benzene rings is 1. The van der Waals surface area contributed by atoms with E-state index in [1.54, 1.807) is 0 Å². The number of hydrogen-bond donors (Lipinski definition) is 0. The van der Waals surface area contributed by atoms with E-state index in [-0.39, 0.29) is 5.97 Å². The van der Waals surface area contributed by atoms with E-state index in [0.717, 1.165) is 17.1 Å². The van der Waals surface area contributed by atoms with Crippen molar-refractivity contribution in [1.29, 1.82) is 0 Å². The molecule has 0 aliphatic carbocycles.